The molecule has 3 aromatic rings. The number of rotatable bonds is 2. The molecule has 0 aromatic heterocycles. The second-order valence-electron chi connectivity index (χ2n) is 5.18. The minimum absolute atomic E-state index is 0.165. The molecule has 0 aliphatic rings. The van der Waals surface area contributed by atoms with Crippen LogP contribution in [-0.4, -0.2) is 5.48 Å². The molecule has 1 nitrogen and oxygen atoms in total. The number of fused-ring (bicyclic) bond motifs is 1. The van der Waals surface area contributed by atoms with Crippen LogP contribution in [0.25, 0.3) is 10.8 Å². The van der Waals surface area contributed by atoms with E-state index in [2.05, 4.69) is 25.1 Å². The predicted molar refractivity (Wildman–Crippen MR) is 90.5 cm³/mol. The van der Waals surface area contributed by atoms with Gasteiger partial charge in [0.15, 0.2) is 0 Å². The Morgan fingerprint density at radius 2 is 1.57 bits per heavy atom. The van der Waals surface area contributed by atoms with E-state index in [-0.39, 0.29) is 5.48 Å². The summed E-state index contributed by atoms with van der Waals surface area (Å²) < 4.78 is 0. The molecule has 0 unspecified atom stereocenters. The van der Waals surface area contributed by atoms with Gasteiger partial charge in [-0.25, -0.2) is 0 Å². The molecule has 3 aromatic carbocycles. The average molecular weight is 291 g/mol. The lowest BCUT2D eigenvalue weighted by Gasteiger charge is -2.19. The molecule has 0 N–H and O–H groups in total. The highest BCUT2D eigenvalue weighted by Crippen LogP contribution is 2.26. The van der Waals surface area contributed by atoms with Gasteiger partial charge in [0.1, 0.15) is 0 Å². The van der Waals surface area contributed by atoms with Gasteiger partial charge in [0.2, 0.25) is 0 Å². The molecule has 0 amide bonds. The van der Waals surface area contributed by atoms with Gasteiger partial charge in [-0.15, -0.1) is 5.48 Å². The van der Waals surface area contributed by atoms with Crippen molar-refractivity contribution in [3.8, 4) is 0 Å². The molecular formula is C19H16OP-. The molecule has 0 saturated carbocycles. The molecule has 0 fully saturated rings. The second-order valence-corrected chi connectivity index (χ2v) is 6.33. The first-order valence-corrected chi connectivity index (χ1v) is 7.86. The zero-order chi connectivity index (χ0) is 14.8. The van der Waals surface area contributed by atoms with Gasteiger partial charge in [-0.3, -0.25) is 0 Å². The smallest absolute Gasteiger partial charge is 0.000806 e. The van der Waals surface area contributed by atoms with Crippen molar-refractivity contribution in [2.75, 3.05) is 0 Å². The summed E-state index contributed by atoms with van der Waals surface area (Å²) in [5.74, 6) is 0. The van der Waals surface area contributed by atoms with Gasteiger partial charge in [-0.2, -0.15) is 0 Å². The Kier molecular flexibility index (Phi) is 3.88. The van der Waals surface area contributed by atoms with Crippen molar-refractivity contribution in [3.63, 3.8) is 0 Å². The van der Waals surface area contributed by atoms with Gasteiger partial charge < -0.3 is 5.11 Å². The van der Waals surface area contributed by atoms with Gasteiger partial charge in [0, 0.05) is 5.30 Å². The quantitative estimate of drug-likeness (QED) is 0.662. The Morgan fingerprint density at radius 3 is 2.33 bits per heavy atom. The maximum Gasteiger partial charge on any atom is 0.000806 e. The van der Waals surface area contributed by atoms with Gasteiger partial charge in [-0.05, 0) is 41.3 Å². The fourth-order valence-electron chi connectivity index (χ4n) is 2.62. The maximum absolute atomic E-state index is 12.8. The van der Waals surface area contributed by atoms with E-state index in [9.17, 15) is 5.11 Å². The minimum atomic E-state index is 0.165. The normalized spacial score (nSPS) is 11.9. The maximum atomic E-state index is 12.8. The lowest BCUT2D eigenvalue weighted by atomic mass is 9.97. The van der Waals surface area contributed by atoms with Crippen molar-refractivity contribution in [2.45, 2.75) is 13.8 Å². The molecule has 0 heterocycles. The lowest BCUT2D eigenvalue weighted by Crippen LogP contribution is -2.19. The van der Waals surface area contributed by atoms with Crippen molar-refractivity contribution in [1.29, 1.82) is 0 Å². The van der Waals surface area contributed by atoms with E-state index in [1.165, 1.54) is 0 Å². The van der Waals surface area contributed by atoms with Gasteiger partial charge in [0.05, 0.1) is 0 Å². The first-order chi connectivity index (χ1) is 10.2. The molecule has 21 heavy (non-hydrogen) atoms. The molecule has 0 spiro atoms. The van der Waals surface area contributed by atoms with E-state index < -0.39 is 0 Å². The monoisotopic (exact) mass is 291 g/mol. The summed E-state index contributed by atoms with van der Waals surface area (Å²) in [7, 11) is 0.734. The zero-order valence-electron chi connectivity index (χ0n) is 12.1. The molecule has 0 saturated heterocycles. The van der Waals surface area contributed by atoms with Crippen LogP contribution >= 0.6 is 8.20 Å². The number of hydrogen-bond donors (Lipinski definition) is 0. The van der Waals surface area contributed by atoms with E-state index in [1.54, 1.807) is 0 Å². The summed E-state index contributed by atoms with van der Waals surface area (Å²) in [6.45, 7) is 4.08. The number of benzene rings is 3. The molecule has 104 valence electrons. The van der Waals surface area contributed by atoms with E-state index in [1.807, 2.05) is 49.4 Å². The number of aryl methyl sites for hydroxylation is 2. The highest BCUT2D eigenvalue weighted by atomic mass is 31.1. The third-order valence-electron chi connectivity index (χ3n) is 3.66. The number of hydrogen-bond acceptors (Lipinski definition) is 1. The highest BCUT2D eigenvalue weighted by Gasteiger charge is 2.06. The van der Waals surface area contributed by atoms with E-state index >= 15 is 0 Å². The lowest BCUT2D eigenvalue weighted by molar-refractivity contribution is -0.206. The largest absolute Gasteiger partial charge is 0.823 e. The van der Waals surface area contributed by atoms with Crippen LogP contribution < -0.4 is 10.4 Å². The summed E-state index contributed by atoms with van der Waals surface area (Å²) in [5.41, 5.74) is 3.22. The van der Waals surface area contributed by atoms with Gasteiger partial charge in [0.25, 0.3) is 0 Å². The fraction of sp³-hybridized carbons (Fsp3) is 0.105. The average Bonchev–Trinajstić information content (AvgIpc) is 2.49. The van der Waals surface area contributed by atoms with Crippen LogP contribution in [0.15, 0.2) is 60.7 Å². The van der Waals surface area contributed by atoms with Crippen LogP contribution in [0.3, 0.4) is 0 Å². The Bertz CT molecular complexity index is 820. The van der Waals surface area contributed by atoms with Crippen LogP contribution in [0.2, 0.25) is 0 Å². The van der Waals surface area contributed by atoms with Crippen molar-refractivity contribution in [1.82, 2.24) is 0 Å². The van der Waals surface area contributed by atoms with Crippen molar-refractivity contribution >= 4 is 29.8 Å². The SMILES string of the molecule is Cc1ccc2cccc(C)c2c1C([O-])=Pc1ccccc1. The Hall–Kier alpha value is -1.95. The summed E-state index contributed by atoms with van der Waals surface area (Å²) >= 11 is 0. The summed E-state index contributed by atoms with van der Waals surface area (Å²) in [5, 5.41) is 16.0. The van der Waals surface area contributed by atoms with Crippen molar-refractivity contribution < 1.29 is 5.11 Å². The molecular weight excluding hydrogens is 275 g/mol. The molecule has 0 bridgehead atoms. The zero-order valence-corrected chi connectivity index (χ0v) is 13.0. The van der Waals surface area contributed by atoms with Crippen molar-refractivity contribution in [2.24, 2.45) is 0 Å². The Morgan fingerprint density at radius 1 is 0.810 bits per heavy atom. The second kappa shape index (κ2) is 5.81. The van der Waals surface area contributed by atoms with Crippen LogP contribution in [-0.2, 0) is 0 Å². The summed E-state index contributed by atoms with van der Waals surface area (Å²) in [6, 6.07) is 20.2. The van der Waals surface area contributed by atoms with Crippen LogP contribution in [0.5, 0.6) is 0 Å². The van der Waals surface area contributed by atoms with Gasteiger partial charge in [-0.1, -0.05) is 68.9 Å². The molecule has 0 radical (unpaired) electrons. The summed E-state index contributed by atoms with van der Waals surface area (Å²) in [6.07, 6.45) is 0. The van der Waals surface area contributed by atoms with Crippen LogP contribution in [0, 0.1) is 13.8 Å². The molecule has 0 atom stereocenters. The summed E-state index contributed by atoms with van der Waals surface area (Å²) in [4.78, 5) is 0. The standard InChI is InChI=1S/C19H17OP/c1-13-7-6-8-15-12-11-14(2)18(17(13)15)19(20)21-16-9-4-3-5-10-16/h3-12,20H,1-2H3/p-1. The topological polar surface area (TPSA) is 23.1 Å². The fourth-order valence-corrected chi connectivity index (χ4v) is 3.57. The predicted octanol–water partition coefficient (Wildman–Crippen LogP) is 3.57. The van der Waals surface area contributed by atoms with E-state index in [4.69, 9.17) is 0 Å². The first-order valence-electron chi connectivity index (χ1n) is 6.97. The molecule has 2 heteroatoms. The van der Waals surface area contributed by atoms with E-state index in [0.717, 1.165) is 41.0 Å². The molecule has 0 aliphatic carbocycles. The minimum Gasteiger partial charge on any atom is -0.823 e. The Balaban J connectivity index is 2.25. The Labute approximate surface area is 126 Å². The third kappa shape index (κ3) is 2.76. The molecule has 3 rings (SSSR count). The van der Waals surface area contributed by atoms with Gasteiger partial charge >= 0.3 is 0 Å². The van der Waals surface area contributed by atoms with Crippen molar-refractivity contribution in [3.05, 3.63) is 77.4 Å². The third-order valence-corrected chi connectivity index (χ3v) is 4.65. The van der Waals surface area contributed by atoms with Crippen LogP contribution in [0.1, 0.15) is 16.7 Å². The highest BCUT2D eigenvalue weighted by molar-refractivity contribution is 7.49. The first kappa shape index (κ1) is 14.0. The molecule has 0 aliphatic heterocycles. The van der Waals surface area contributed by atoms with Crippen LogP contribution in [0.4, 0.5) is 0 Å². The van der Waals surface area contributed by atoms with E-state index in [0.29, 0.717) is 0 Å².